The second kappa shape index (κ2) is 4.05. The summed E-state index contributed by atoms with van der Waals surface area (Å²) in [7, 11) is 0. The van der Waals surface area contributed by atoms with Crippen LogP contribution in [0.15, 0.2) is 24.9 Å². The first-order valence-electron chi connectivity index (χ1n) is 4.27. The molecule has 0 aliphatic carbocycles. The molecule has 0 aliphatic rings. The lowest BCUT2D eigenvalue weighted by molar-refractivity contribution is 0.947. The van der Waals surface area contributed by atoms with Crippen LogP contribution < -0.4 is 0 Å². The van der Waals surface area contributed by atoms with Gasteiger partial charge in [-0.25, -0.2) is 0 Å². The van der Waals surface area contributed by atoms with Crippen molar-refractivity contribution in [3.05, 3.63) is 41.7 Å². The molecular formula is C11H15N. The van der Waals surface area contributed by atoms with Crippen molar-refractivity contribution in [1.82, 2.24) is 4.98 Å². The molecule has 64 valence electrons. The average molecular weight is 161 g/mol. The Balaban J connectivity index is 2.88. The summed E-state index contributed by atoms with van der Waals surface area (Å²) < 4.78 is 0. The highest BCUT2D eigenvalue weighted by Gasteiger charge is 2.00. The zero-order valence-electron chi connectivity index (χ0n) is 7.80. The zero-order valence-corrected chi connectivity index (χ0v) is 7.80. The van der Waals surface area contributed by atoms with E-state index < -0.39 is 0 Å². The molecule has 0 unspecified atom stereocenters. The van der Waals surface area contributed by atoms with E-state index >= 15 is 0 Å². The first kappa shape index (κ1) is 8.98. The Kier molecular flexibility index (Phi) is 3.03. The van der Waals surface area contributed by atoms with Gasteiger partial charge < -0.3 is 0 Å². The summed E-state index contributed by atoms with van der Waals surface area (Å²) in [6.45, 7) is 7.91. The van der Waals surface area contributed by atoms with Crippen molar-refractivity contribution in [3.8, 4) is 0 Å². The van der Waals surface area contributed by atoms with E-state index in [9.17, 15) is 0 Å². The maximum absolute atomic E-state index is 4.26. The molecule has 0 saturated heterocycles. The number of hydrogen-bond donors (Lipinski definition) is 0. The minimum absolute atomic E-state index is 1.04. The van der Waals surface area contributed by atoms with Gasteiger partial charge in [-0.15, -0.1) is 6.58 Å². The van der Waals surface area contributed by atoms with Gasteiger partial charge in [-0.05, 0) is 43.9 Å². The Bertz CT molecular complexity index is 256. The van der Waals surface area contributed by atoms with Gasteiger partial charge in [0.1, 0.15) is 0 Å². The molecule has 1 heterocycles. The van der Waals surface area contributed by atoms with Crippen LogP contribution >= 0.6 is 0 Å². The second-order valence-corrected chi connectivity index (χ2v) is 3.02. The lowest BCUT2D eigenvalue weighted by Gasteiger charge is -2.06. The van der Waals surface area contributed by atoms with E-state index in [0.717, 1.165) is 18.5 Å². The Hall–Kier alpha value is -1.11. The van der Waals surface area contributed by atoms with Crippen LogP contribution in [0.2, 0.25) is 0 Å². The average Bonchev–Trinajstić information content (AvgIpc) is 2.04. The van der Waals surface area contributed by atoms with Gasteiger partial charge in [-0.1, -0.05) is 6.08 Å². The highest BCUT2D eigenvalue weighted by molar-refractivity contribution is 5.28. The van der Waals surface area contributed by atoms with E-state index in [1.54, 1.807) is 0 Å². The van der Waals surface area contributed by atoms with Crippen molar-refractivity contribution in [1.29, 1.82) is 0 Å². The van der Waals surface area contributed by atoms with E-state index in [-0.39, 0.29) is 0 Å². The van der Waals surface area contributed by atoms with Crippen LogP contribution in [0, 0.1) is 13.8 Å². The number of allylic oxidation sites excluding steroid dienone is 1. The lowest BCUT2D eigenvalue weighted by Crippen LogP contribution is -1.95. The van der Waals surface area contributed by atoms with Crippen LogP contribution in [-0.4, -0.2) is 4.98 Å². The molecule has 0 aliphatic heterocycles. The Morgan fingerprint density at radius 1 is 1.50 bits per heavy atom. The Morgan fingerprint density at radius 3 is 2.83 bits per heavy atom. The van der Waals surface area contributed by atoms with Gasteiger partial charge in [0.2, 0.25) is 0 Å². The van der Waals surface area contributed by atoms with Crippen molar-refractivity contribution in [2.24, 2.45) is 0 Å². The predicted molar refractivity (Wildman–Crippen MR) is 52.2 cm³/mol. The second-order valence-electron chi connectivity index (χ2n) is 3.02. The highest BCUT2D eigenvalue weighted by Crippen LogP contribution is 2.12. The van der Waals surface area contributed by atoms with Crippen LogP contribution in [0.3, 0.4) is 0 Å². The lowest BCUT2D eigenvalue weighted by atomic mass is 10.0. The molecule has 0 bridgehead atoms. The minimum Gasteiger partial charge on any atom is -0.261 e. The normalized spacial score (nSPS) is 9.83. The standard InChI is InChI=1S/C11H15N/c1-4-5-6-11-9(2)7-8-12-10(11)3/h4,7-8H,1,5-6H2,2-3H3. The van der Waals surface area contributed by atoms with Crippen LogP contribution in [0.4, 0.5) is 0 Å². The molecule has 0 fully saturated rings. The van der Waals surface area contributed by atoms with Gasteiger partial charge in [0.25, 0.3) is 0 Å². The van der Waals surface area contributed by atoms with Gasteiger partial charge >= 0.3 is 0 Å². The fourth-order valence-corrected chi connectivity index (χ4v) is 1.35. The van der Waals surface area contributed by atoms with Crippen molar-refractivity contribution < 1.29 is 0 Å². The largest absolute Gasteiger partial charge is 0.261 e. The third kappa shape index (κ3) is 1.94. The highest BCUT2D eigenvalue weighted by atomic mass is 14.7. The van der Waals surface area contributed by atoms with Gasteiger partial charge in [-0.3, -0.25) is 4.98 Å². The van der Waals surface area contributed by atoms with Gasteiger partial charge in [0.05, 0.1) is 0 Å². The maximum atomic E-state index is 4.26. The predicted octanol–water partition coefficient (Wildman–Crippen LogP) is 2.82. The molecule has 0 spiro atoms. The summed E-state index contributed by atoms with van der Waals surface area (Å²) in [6, 6.07) is 2.06. The summed E-state index contributed by atoms with van der Waals surface area (Å²) in [5.41, 5.74) is 3.86. The SMILES string of the molecule is C=CCCc1c(C)ccnc1C. The minimum atomic E-state index is 1.04. The number of pyridine rings is 1. The summed E-state index contributed by atoms with van der Waals surface area (Å²) in [4.78, 5) is 4.26. The van der Waals surface area contributed by atoms with E-state index in [0.29, 0.717) is 0 Å². The Labute approximate surface area is 74.2 Å². The summed E-state index contributed by atoms with van der Waals surface area (Å²) >= 11 is 0. The number of rotatable bonds is 3. The number of nitrogens with zero attached hydrogens (tertiary/aromatic N) is 1. The molecule has 0 N–H and O–H groups in total. The van der Waals surface area contributed by atoms with Crippen LogP contribution in [0.1, 0.15) is 23.2 Å². The molecule has 0 atom stereocenters. The number of aromatic nitrogens is 1. The fourth-order valence-electron chi connectivity index (χ4n) is 1.35. The molecule has 1 heteroatoms. The molecular weight excluding hydrogens is 146 g/mol. The summed E-state index contributed by atoms with van der Waals surface area (Å²) in [5.74, 6) is 0. The topological polar surface area (TPSA) is 12.9 Å². The molecule has 12 heavy (non-hydrogen) atoms. The third-order valence-corrected chi connectivity index (χ3v) is 2.10. The summed E-state index contributed by atoms with van der Waals surface area (Å²) in [5, 5.41) is 0. The van der Waals surface area contributed by atoms with Crippen LogP contribution in [0.5, 0.6) is 0 Å². The van der Waals surface area contributed by atoms with E-state index in [1.807, 2.05) is 12.3 Å². The van der Waals surface area contributed by atoms with E-state index in [2.05, 4.69) is 31.5 Å². The first-order valence-corrected chi connectivity index (χ1v) is 4.27. The molecule has 1 aromatic heterocycles. The molecule has 0 radical (unpaired) electrons. The molecule has 1 nitrogen and oxygen atoms in total. The zero-order chi connectivity index (χ0) is 8.97. The Morgan fingerprint density at radius 2 is 2.25 bits per heavy atom. The number of aryl methyl sites for hydroxylation is 2. The van der Waals surface area contributed by atoms with Crippen LogP contribution in [0.25, 0.3) is 0 Å². The molecule has 0 amide bonds. The molecule has 1 rings (SSSR count). The van der Waals surface area contributed by atoms with Crippen molar-refractivity contribution >= 4 is 0 Å². The van der Waals surface area contributed by atoms with Gasteiger partial charge in [-0.2, -0.15) is 0 Å². The summed E-state index contributed by atoms with van der Waals surface area (Å²) in [6.07, 6.45) is 5.91. The van der Waals surface area contributed by atoms with Gasteiger partial charge in [0, 0.05) is 11.9 Å². The smallest absolute Gasteiger partial charge is 0.0407 e. The monoisotopic (exact) mass is 161 g/mol. The van der Waals surface area contributed by atoms with E-state index in [4.69, 9.17) is 0 Å². The fraction of sp³-hybridized carbons (Fsp3) is 0.364. The van der Waals surface area contributed by atoms with Crippen molar-refractivity contribution in [2.45, 2.75) is 26.7 Å². The van der Waals surface area contributed by atoms with Crippen LogP contribution in [-0.2, 0) is 6.42 Å². The third-order valence-electron chi connectivity index (χ3n) is 2.10. The molecule has 0 aromatic carbocycles. The molecule has 1 aromatic rings. The first-order chi connectivity index (χ1) is 5.75. The number of hydrogen-bond acceptors (Lipinski definition) is 1. The van der Waals surface area contributed by atoms with Crippen molar-refractivity contribution in [2.75, 3.05) is 0 Å². The van der Waals surface area contributed by atoms with Gasteiger partial charge in [0.15, 0.2) is 0 Å². The maximum Gasteiger partial charge on any atom is 0.0407 e. The molecule has 0 saturated carbocycles. The van der Waals surface area contributed by atoms with Crippen molar-refractivity contribution in [3.63, 3.8) is 0 Å². The van der Waals surface area contributed by atoms with E-state index in [1.165, 1.54) is 11.1 Å². The quantitative estimate of drug-likeness (QED) is 0.621.